The highest BCUT2D eigenvalue weighted by atomic mass is 16.5. The number of carbonyl (C=O) groups is 2. The van der Waals surface area contributed by atoms with Crippen LogP contribution in [0.5, 0.6) is 0 Å². The second kappa shape index (κ2) is 26.0. The SMILES string of the molecule is C1=CCCCC1.C=C1CCCCC1.CC(=O)OC1CCC2(C)C(=CCC3C4CCC(=O)C4(C)CCC32)C1.CC(C)=C(C)C.CC1=CCCCC1.CC=C1CCCCC1. The summed E-state index contributed by atoms with van der Waals surface area (Å²) >= 11 is 0. The molecule has 6 unspecified atom stereocenters. The van der Waals surface area contributed by atoms with Gasteiger partial charge in [0.1, 0.15) is 11.9 Å². The van der Waals surface area contributed by atoms with Gasteiger partial charge in [-0.1, -0.05) is 97.1 Å². The number of Topliss-reactive ketones (excluding diaryl/α,β-unsaturated/α-hetero) is 1. The molecule has 3 heteroatoms. The van der Waals surface area contributed by atoms with Gasteiger partial charge in [-0.3, -0.25) is 9.59 Å². The Balaban J connectivity index is 0.000000216. The monoisotopic (exact) mass is 799 g/mol. The number of allylic oxidation sites excluding steroid dienone is 10. The van der Waals surface area contributed by atoms with Gasteiger partial charge in [0.15, 0.2) is 0 Å². The standard InChI is InChI=1S/C21H30O3.C8H14.2C7H12.C6H10.C6H12/c1-13(22)24-15-8-10-20(2)14(12-15)4-5-16-17-6-7-19(23)21(17,3)11-9-18(16)20;1-2-8-6-4-3-5-7-8;2*1-7-5-3-2-4-6-7;1-2-4-6-5-3-1;1-5(2)6(3)4/h4,15-18H,5-12H2,1-3H3;2H,3-7H2,1H3;5H,2-4,6H2,1H3;1-6H2;1-2H,3-6H2;1-4H3. The average molecular weight is 799 g/mol. The molecule has 0 aromatic rings. The minimum absolute atomic E-state index is 0.0438. The topological polar surface area (TPSA) is 43.4 Å². The molecular formula is C55H90O3. The van der Waals surface area contributed by atoms with Gasteiger partial charge in [-0.2, -0.15) is 0 Å². The second-order valence-electron chi connectivity index (χ2n) is 20.0. The molecule has 58 heavy (non-hydrogen) atoms. The molecule has 0 radical (unpaired) electrons. The average Bonchev–Trinajstić information content (AvgIpc) is 3.54. The fourth-order valence-electron chi connectivity index (χ4n) is 10.8. The molecule has 8 aliphatic carbocycles. The Kier molecular flexibility index (Phi) is 22.4. The predicted molar refractivity (Wildman–Crippen MR) is 251 cm³/mol. The third-order valence-electron chi connectivity index (χ3n) is 15.2. The van der Waals surface area contributed by atoms with Crippen LogP contribution in [0.15, 0.2) is 70.4 Å². The predicted octanol–water partition coefficient (Wildman–Crippen LogP) is 16.8. The first kappa shape index (κ1) is 49.9. The highest BCUT2D eigenvalue weighted by Crippen LogP contribution is 2.64. The second-order valence-corrected chi connectivity index (χ2v) is 20.0. The Hall–Kier alpha value is -2.42. The van der Waals surface area contributed by atoms with E-state index in [1.807, 2.05) is 0 Å². The first-order chi connectivity index (χ1) is 27.7. The lowest BCUT2D eigenvalue weighted by Gasteiger charge is -2.56. The van der Waals surface area contributed by atoms with Crippen molar-refractivity contribution in [3.05, 3.63) is 70.4 Å². The molecule has 0 aromatic heterocycles. The van der Waals surface area contributed by atoms with Gasteiger partial charge < -0.3 is 4.74 Å². The Morgan fingerprint density at radius 1 is 0.690 bits per heavy atom. The van der Waals surface area contributed by atoms with Crippen LogP contribution in [-0.2, 0) is 14.3 Å². The van der Waals surface area contributed by atoms with Crippen molar-refractivity contribution in [2.75, 3.05) is 0 Å². The summed E-state index contributed by atoms with van der Waals surface area (Å²) in [5, 5.41) is 0. The Labute approximate surface area is 359 Å². The molecule has 6 atom stereocenters. The van der Waals surface area contributed by atoms with E-state index in [1.165, 1.54) is 151 Å². The zero-order valence-electron chi connectivity index (χ0n) is 39.5. The first-order valence-corrected chi connectivity index (χ1v) is 24.3. The van der Waals surface area contributed by atoms with Crippen molar-refractivity contribution in [3.63, 3.8) is 0 Å². The molecule has 0 aliphatic heterocycles. The number of ketones is 1. The van der Waals surface area contributed by atoms with Crippen LogP contribution in [0.25, 0.3) is 0 Å². The van der Waals surface area contributed by atoms with Crippen molar-refractivity contribution in [1.82, 2.24) is 0 Å². The van der Waals surface area contributed by atoms with E-state index in [4.69, 9.17) is 4.74 Å². The molecule has 0 N–H and O–H groups in total. The van der Waals surface area contributed by atoms with Crippen LogP contribution in [0.4, 0.5) is 0 Å². The summed E-state index contributed by atoms with van der Waals surface area (Å²) in [6, 6.07) is 0. The Bertz CT molecular complexity index is 1410. The van der Waals surface area contributed by atoms with E-state index in [0.717, 1.165) is 44.9 Å². The normalized spacial score (nSPS) is 30.8. The van der Waals surface area contributed by atoms with Gasteiger partial charge >= 0.3 is 5.97 Å². The maximum absolute atomic E-state index is 12.4. The van der Waals surface area contributed by atoms with Gasteiger partial charge in [0, 0.05) is 25.2 Å². The van der Waals surface area contributed by atoms with Crippen molar-refractivity contribution in [2.24, 2.45) is 28.6 Å². The number of hydrogen-bond donors (Lipinski definition) is 0. The van der Waals surface area contributed by atoms with E-state index in [0.29, 0.717) is 23.5 Å². The van der Waals surface area contributed by atoms with Crippen molar-refractivity contribution < 1.29 is 14.3 Å². The summed E-state index contributed by atoms with van der Waals surface area (Å²) in [5.41, 5.74) is 9.32. The van der Waals surface area contributed by atoms with Gasteiger partial charge in [-0.25, -0.2) is 0 Å². The van der Waals surface area contributed by atoms with Crippen LogP contribution >= 0.6 is 0 Å². The van der Waals surface area contributed by atoms with Crippen LogP contribution in [0.3, 0.4) is 0 Å². The number of hydrogen-bond acceptors (Lipinski definition) is 3. The van der Waals surface area contributed by atoms with E-state index < -0.39 is 0 Å². The smallest absolute Gasteiger partial charge is 0.302 e. The fraction of sp³-hybridized carbons (Fsp3) is 0.745. The van der Waals surface area contributed by atoms with Gasteiger partial charge in [-0.15, -0.1) is 0 Å². The molecule has 0 aromatic carbocycles. The summed E-state index contributed by atoms with van der Waals surface area (Å²) in [4.78, 5) is 23.7. The summed E-state index contributed by atoms with van der Waals surface area (Å²) in [6.45, 7) is 23.0. The van der Waals surface area contributed by atoms with Crippen LogP contribution in [0.1, 0.15) is 229 Å². The largest absolute Gasteiger partial charge is 0.462 e. The lowest BCUT2D eigenvalue weighted by molar-refractivity contribution is -0.148. The number of rotatable bonds is 1. The molecule has 0 saturated heterocycles. The summed E-state index contributed by atoms with van der Waals surface area (Å²) in [6.07, 6.45) is 44.8. The van der Waals surface area contributed by atoms with E-state index in [9.17, 15) is 9.59 Å². The van der Waals surface area contributed by atoms with E-state index in [1.54, 1.807) is 11.1 Å². The van der Waals surface area contributed by atoms with Crippen molar-refractivity contribution in [1.29, 1.82) is 0 Å². The highest BCUT2D eigenvalue weighted by Gasteiger charge is 2.58. The maximum Gasteiger partial charge on any atom is 0.302 e. The van der Waals surface area contributed by atoms with Crippen LogP contribution in [-0.4, -0.2) is 17.9 Å². The zero-order chi connectivity index (χ0) is 42.6. The molecule has 3 nitrogen and oxygen atoms in total. The minimum atomic E-state index is -0.157. The van der Waals surface area contributed by atoms with Crippen LogP contribution in [0, 0.1) is 28.6 Å². The highest BCUT2D eigenvalue weighted by molar-refractivity contribution is 5.87. The molecule has 8 rings (SSSR count). The number of esters is 1. The van der Waals surface area contributed by atoms with E-state index >= 15 is 0 Å². The molecule has 0 heterocycles. The fourth-order valence-corrected chi connectivity index (χ4v) is 10.8. The molecule has 0 spiro atoms. The number of carbonyl (C=O) groups excluding carboxylic acids is 2. The first-order valence-electron chi connectivity index (χ1n) is 24.3. The van der Waals surface area contributed by atoms with Gasteiger partial charge in [-0.05, 0) is 206 Å². The Morgan fingerprint density at radius 3 is 1.67 bits per heavy atom. The third kappa shape index (κ3) is 16.2. The third-order valence-corrected chi connectivity index (χ3v) is 15.2. The summed E-state index contributed by atoms with van der Waals surface area (Å²) in [5.74, 6) is 2.33. The maximum atomic E-state index is 12.4. The van der Waals surface area contributed by atoms with Crippen molar-refractivity contribution in [3.8, 4) is 0 Å². The number of ether oxygens (including phenoxy) is 1. The van der Waals surface area contributed by atoms with Crippen LogP contribution in [0.2, 0.25) is 0 Å². The summed E-state index contributed by atoms with van der Waals surface area (Å²) in [7, 11) is 0. The van der Waals surface area contributed by atoms with Gasteiger partial charge in [0.05, 0.1) is 0 Å². The summed E-state index contributed by atoms with van der Waals surface area (Å²) < 4.78 is 5.50. The number of fused-ring (bicyclic) bond motifs is 5. The lowest BCUT2D eigenvalue weighted by Crippen LogP contribution is -2.50. The van der Waals surface area contributed by atoms with Gasteiger partial charge in [0.2, 0.25) is 0 Å². The molecule has 0 amide bonds. The molecule has 5 saturated carbocycles. The molecular weight excluding hydrogens is 709 g/mol. The van der Waals surface area contributed by atoms with E-state index in [2.05, 4.69) is 92.3 Å². The molecule has 328 valence electrons. The zero-order valence-corrected chi connectivity index (χ0v) is 39.5. The van der Waals surface area contributed by atoms with Gasteiger partial charge in [0.25, 0.3) is 0 Å². The quantitative estimate of drug-likeness (QED) is 0.196. The van der Waals surface area contributed by atoms with Crippen LogP contribution < -0.4 is 0 Å². The minimum Gasteiger partial charge on any atom is -0.462 e. The van der Waals surface area contributed by atoms with Crippen molar-refractivity contribution in [2.45, 2.75) is 235 Å². The molecule has 5 fully saturated rings. The van der Waals surface area contributed by atoms with E-state index in [-0.39, 0.29) is 22.9 Å². The Morgan fingerprint density at radius 2 is 1.24 bits per heavy atom. The van der Waals surface area contributed by atoms with Crippen molar-refractivity contribution >= 4 is 11.8 Å². The molecule has 8 aliphatic rings. The molecule has 0 bridgehead atoms. The lowest BCUT2D eigenvalue weighted by atomic mass is 9.48.